The molecular formula is C29H38BrN3O6. The third-order valence-corrected chi connectivity index (χ3v) is 9.39. The van der Waals surface area contributed by atoms with Crippen LogP contribution < -0.4 is 10.2 Å². The van der Waals surface area contributed by atoms with Gasteiger partial charge in [0.25, 0.3) is 5.91 Å². The summed E-state index contributed by atoms with van der Waals surface area (Å²) in [6.07, 6.45) is 2.01. The van der Waals surface area contributed by atoms with E-state index in [0.717, 1.165) is 12.1 Å². The highest BCUT2D eigenvalue weighted by Crippen LogP contribution is 2.53. The maximum absolute atomic E-state index is 14.1. The number of aliphatic hydroxyl groups is 1. The lowest BCUT2D eigenvalue weighted by Crippen LogP contribution is -2.69. The van der Waals surface area contributed by atoms with Crippen LogP contribution in [-0.2, 0) is 20.8 Å². The number of Topliss-reactive ketones (excluding diaryl/α,β-unsaturated/α-hetero) is 3. The molecule has 212 valence electrons. The molecule has 1 unspecified atom stereocenters. The molecule has 5 atom stereocenters. The van der Waals surface area contributed by atoms with E-state index in [9.17, 15) is 29.4 Å². The minimum atomic E-state index is -2.56. The molecule has 1 aromatic rings. The summed E-state index contributed by atoms with van der Waals surface area (Å²) >= 11 is 3.51. The fourth-order valence-corrected chi connectivity index (χ4v) is 7.95. The van der Waals surface area contributed by atoms with E-state index in [0.29, 0.717) is 22.9 Å². The average Bonchev–Trinajstić information content (AvgIpc) is 2.80. The van der Waals surface area contributed by atoms with Crippen LogP contribution in [0.15, 0.2) is 22.2 Å². The molecule has 9 nitrogen and oxygen atoms in total. The molecule has 0 aromatic heterocycles. The normalized spacial score (nSPS) is 28.7. The maximum Gasteiger partial charge on any atom is 0.256 e. The fourth-order valence-electron chi connectivity index (χ4n) is 6.86. The predicted octanol–water partition coefficient (Wildman–Crippen LogP) is 2.61. The first-order valence-corrected chi connectivity index (χ1v) is 14.1. The second-order valence-electron chi connectivity index (χ2n) is 12.2. The van der Waals surface area contributed by atoms with E-state index in [1.807, 2.05) is 39.8 Å². The molecule has 1 fully saturated rings. The van der Waals surface area contributed by atoms with Crippen LogP contribution in [0.25, 0.3) is 0 Å². The van der Waals surface area contributed by atoms with Gasteiger partial charge < -0.3 is 25.3 Å². The van der Waals surface area contributed by atoms with E-state index in [2.05, 4.69) is 21.2 Å². The number of nitrogens with zero attached hydrogens (tertiary/aromatic N) is 2. The number of anilines is 1. The fraction of sp³-hybridized carbons (Fsp3) is 0.586. The second kappa shape index (κ2) is 10.1. The van der Waals surface area contributed by atoms with Crippen LogP contribution in [-0.4, -0.2) is 83.7 Å². The van der Waals surface area contributed by atoms with Gasteiger partial charge in [0.15, 0.2) is 17.2 Å². The quantitative estimate of drug-likeness (QED) is 0.334. The lowest BCUT2D eigenvalue weighted by atomic mass is 9.54. The Morgan fingerprint density at radius 3 is 2.38 bits per heavy atom. The monoisotopic (exact) mass is 603 g/mol. The Morgan fingerprint density at radius 1 is 1.18 bits per heavy atom. The zero-order chi connectivity index (χ0) is 29.2. The molecule has 0 saturated heterocycles. The van der Waals surface area contributed by atoms with Gasteiger partial charge in [-0.05, 0) is 70.8 Å². The van der Waals surface area contributed by atoms with Gasteiger partial charge in [0.1, 0.15) is 5.75 Å². The van der Waals surface area contributed by atoms with E-state index in [1.54, 1.807) is 25.1 Å². The molecule has 3 aliphatic rings. The standard InChI is InChI=1S/C29H38BrN3O6/c1-8-11-28(2,3)31-27(38)21-22(30)23(33(6)7)16-13-14-12-15-17(32(4)5)9-10-18(34)20(15)24(35)19(14)25(36)29(16,39)26(21)37/h9-10,14,16,19,23,34,39H,8,11-13H2,1-7H3,(H,31,38)/t14-,16-,19?,23-,29-/m1/s1. The Labute approximate surface area is 237 Å². The highest BCUT2D eigenvalue weighted by atomic mass is 79.9. The minimum absolute atomic E-state index is 0.0567. The van der Waals surface area contributed by atoms with E-state index < -0.39 is 58.2 Å². The van der Waals surface area contributed by atoms with E-state index in [-0.39, 0.29) is 23.3 Å². The van der Waals surface area contributed by atoms with Crippen LogP contribution >= 0.6 is 15.9 Å². The molecule has 3 aliphatic carbocycles. The number of aromatic hydroxyl groups is 1. The van der Waals surface area contributed by atoms with Gasteiger partial charge in [0.2, 0.25) is 5.78 Å². The van der Waals surface area contributed by atoms with Gasteiger partial charge in [0, 0.05) is 41.8 Å². The summed E-state index contributed by atoms with van der Waals surface area (Å²) in [5.74, 6) is -6.05. The van der Waals surface area contributed by atoms with Gasteiger partial charge in [-0.25, -0.2) is 0 Å². The number of ketones is 3. The summed E-state index contributed by atoms with van der Waals surface area (Å²) in [7, 11) is 7.20. The van der Waals surface area contributed by atoms with Crippen LogP contribution in [0.3, 0.4) is 0 Å². The van der Waals surface area contributed by atoms with Crippen LogP contribution in [0.1, 0.15) is 56.0 Å². The first-order valence-electron chi connectivity index (χ1n) is 13.3. The lowest BCUT2D eigenvalue weighted by molar-refractivity contribution is -0.168. The summed E-state index contributed by atoms with van der Waals surface area (Å²) in [6.45, 7) is 5.68. The number of fused-ring (bicyclic) bond motifs is 3. The smallest absolute Gasteiger partial charge is 0.256 e. The van der Waals surface area contributed by atoms with Crippen LogP contribution in [0, 0.1) is 17.8 Å². The summed E-state index contributed by atoms with van der Waals surface area (Å²) in [5, 5.41) is 25.5. The third kappa shape index (κ3) is 4.54. The number of likely N-dealkylation sites (N-methyl/N-ethyl adjacent to an activating group) is 1. The van der Waals surface area contributed by atoms with E-state index in [1.165, 1.54) is 6.07 Å². The Balaban J connectivity index is 1.84. The van der Waals surface area contributed by atoms with Gasteiger partial charge >= 0.3 is 0 Å². The topological polar surface area (TPSA) is 127 Å². The zero-order valence-corrected chi connectivity index (χ0v) is 25.2. The van der Waals surface area contributed by atoms with Crippen molar-refractivity contribution in [1.82, 2.24) is 10.2 Å². The molecule has 0 aliphatic heterocycles. The van der Waals surface area contributed by atoms with Crippen molar-refractivity contribution in [1.29, 1.82) is 0 Å². The van der Waals surface area contributed by atoms with Crippen molar-refractivity contribution in [2.24, 2.45) is 17.8 Å². The number of halogens is 1. The van der Waals surface area contributed by atoms with Gasteiger partial charge in [0.05, 0.1) is 17.1 Å². The van der Waals surface area contributed by atoms with Crippen molar-refractivity contribution in [3.63, 3.8) is 0 Å². The molecule has 3 N–H and O–H groups in total. The molecule has 1 saturated carbocycles. The summed E-state index contributed by atoms with van der Waals surface area (Å²) in [6, 6.07) is 2.51. The summed E-state index contributed by atoms with van der Waals surface area (Å²) < 4.78 is 0.317. The number of phenolic OH excluding ortho intramolecular Hbond substituents is 1. The molecule has 39 heavy (non-hydrogen) atoms. The molecule has 4 rings (SSSR count). The number of carbonyl (C=O) groups excluding carboxylic acids is 4. The predicted molar refractivity (Wildman–Crippen MR) is 151 cm³/mol. The van der Waals surface area contributed by atoms with Crippen molar-refractivity contribution in [2.45, 2.75) is 63.6 Å². The first-order chi connectivity index (χ1) is 18.1. The lowest BCUT2D eigenvalue weighted by Gasteiger charge is -2.52. The zero-order valence-electron chi connectivity index (χ0n) is 23.6. The number of rotatable bonds is 6. The molecule has 0 radical (unpaired) electrons. The number of benzene rings is 1. The largest absolute Gasteiger partial charge is 0.507 e. The van der Waals surface area contributed by atoms with Crippen molar-refractivity contribution in [3.05, 3.63) is 33.3 Å². The third-order valence-electron chi connectivity index (χ3n) is 8.53. The molecule has 0 spiro atoms. The van der Waals surface area contributed by atoms with Crippen molar-refractivity contribution >= 4 is 44.9 Å². The molecule has 0 heterocycles. The van der Waals surface area contributed by atoms with Gasteiger partial charge in [-0.1, -0.05) is 29.3 Å². The van der Waals surface area contributed by atoms with Crippen molar-refractivity contribution in [2.75, 3.05) is 33.1 Å². The SMILES string of the molecule is CCCC(C)(C)NC(=O)C1=C(Br)[C@H](N(C)C)[C@H]2C[C@H]3Cc4c(N(C)C)ccc(O)c4C(=O)C3C(=O)[C@@]2(O)C1=O. The maximum atomic E-state index is 14.1. The summed E-state index contributed by atoms with van der Waals surface area (Å²) in [4.78, 5) is 59.0. The van der Waals surface area contributed by atoms with Gasteiger partial charge in [-0.2, -0.15) is 0 Å². The Bertz CT molecular complexity index is 1290. The second-order valence-corrected chi connectivity index (χ2v) is 13.0. The van der Waals surface area contributed by atoms with Crippen LogP contribution in [0.2, 0.25) is 0 Å². The highest BCUT2D eigenvalue weighted by molar-refractivity contribution is 9.11. The summed E-state index contributed by atoms with van der Waals surface area (Å²) in [5.41, 5.74) is -2.00. The highest BCUT2D eigenvalue weighted by Gasteiger charge is 2.66. The van der Waals surface area contributed by atoms with E-state index in [4.69, 9.17) is 0 Å². The van der Waals surface area contributed by atoms with Crippen LogP contribution in [0.4, 0.5) is 5.69 Å². The first kappa shape index (κ1) is 29.4. The Hall–Kier alpha value is -2.56. The number of hydrogen-bond acceptors (Lipinski definition) is 8. The van der Waals surface area contributed by atoms with Crippen molar-refractivity contribution < 1.29 is 29.4 Å². The van der Waals surface area contributed by atoms with Crippen LogP contribution in [0.5, 0.6) is 5.75 Å². The average molecular weight is 605 g/mol. The number of amides is 1. The number of carbonyl (C=O) groups is 4. The van der Waals surface area contributed by atoms with E-state index >= 15 is 0 Å². The van der Waals surface area contributed by atoms with Crippen molar-refractivity contribution in [3.8, 4) is 5.75 Å². The number of phenols is 1. The number of hydrogen-bond donors (Lipinski definition) is 3. The molecule has 1 amide bonds. The van der Waals surface area contributed by atoms with Gasteiger partial charge in [-0.15, -0.1) is 0 Å². The molecule has 10 heteroatoms. The Morgan fingerprint density at radius 2 is 1.82 bits per heavy atom. The molecule has 1 aromatic carbocycles. The molecular weight excluding hydrogens is 566 g/mol. The minimum Gasteiger partial charge on any atom is -0.507 e. The number of nitrogens with one attached hydrogen (secondary N) is 1. The molecule has 0 bridgehead atoms. The van der Waals surface area contributed by atoms with Gasteiger partial charge in [-0.3, -0.25) is 19.2 Å². The Kier molecular flexibility index (Phi) is 7.64.